The third-order valence-corrected chi connectivity index (χ3v) is 2.79. The summed E-state index contributed by atoms with van der Waals surface area (Å²) in [6.45, 7) is 0. The second kappa shape index (κ2) is 3.48. The average molecular weight is 252 g/mol. The highest BCUT2D eigenvalue weighted by Gasteiger charge is 2.19. The molecule has 0 saturated heterocycles. The summed E-state index contributed by atoms with van der Waals surface area (Å²) in [5.74, 6) is 0.276. The van der Waals surface area contributed by atoms with Crippen LogP contribution in [0.25, 0.3) is 21.4 Å². The largest absolute Gasteiger partial charge is 0.379 e. The van der Waals surface area contributed by atoms with Crippen molar-refractivity contribution in [1.82, 2.24) is 30.8 Å². The third kappa shape index (κ3) is 1.48. The molecule has 11 heteroatoms. The van der Waals surface area contributed by atoms with Crippen LogP contribution in [-0.4, -0.2) is 30.8 Å². The summed E-state index contributed by atoms with van der Waals surface area (Å²) in [5, 5.41) is 22.7. The van der Waals surface area contributed by atoms with E-state index in [1.54, 1.807) is 0 Å². The zero-order chi connectivity index (χ0) is 11.8. The number of nitrogens with two attached hydrogens (primary N) is 2. The van der Waals surface area contributed by atoms with Crippen molar-refractivity contribution in [3.8, 4) is 21.4 Å². The Labute approximate surface area is 96.5 Å². The Hall–Kier alpha value is -2.56. The molecule has 0 aromatic carbocycles. The van der Waals surface area contributed by atoms with Gasteiger partial charge in [-0.2, -0.15) is 0 Å². The van der Waals surface area contributed by atoms with E-state index in [2.05, 4.69) is 40.1 Å². The van der Waals surface area contributed by atoms with Crippen LogP contribution in [0.2, 0.25) is 0 Å². The van der Waals surface area contributed by atoms with Gasteiger partial charge in [0.05, 0.1) is 0 Å². The SMILES string of the molecule is Nc1nonc1-c1nnc(-c2nonc2N)s1. The topological polar surface area (TPSA) is 156 Å². The molecule has 0 bridgehead atoms. The number of aromatic nitrogens is 6. The van der Waals surface area contributed by atoms with Crippen molar-refractivity contribution >= 4 is 23.0 Å². The third-order valence-electron chi connectivity index (χ3n) is 1.86. The molecule has 0 aliphatic heterocycles. The fourth-order valence-corrected chi connectivity index (χ4v) is 1.93. The van der Waals surface area contributed by atoms with Gasteiger partial charge in [0, 0.05) is 0 Å². The van der Waals surface area contributed by atoms with Crippen molar-refractivity contribution in [3.05, 3.63) is 0 Å². The Morgan fingerprint density at radius 1 is 0.765 bits per heavy atom. The minimum atomic E-state index is 0.138. The maximum Gasteiger partial charge on any atom is 0.198 e. The molecule has 0 amide bonds. The quantitative estimate of drug-likeness (QED) is 0.625. The van der Waals surface area contributed by atoms with Gasteiger partial charge < -0.3 is 11.5 Å². The molecule has 0 spiro atoms. The van der Waals surface area contributed by atoms with Gasteiger partial charge in [0.2, 0.25) is 0 Å². The van der Waals surface area contributed by atoms with Crippen LogP contribution in [-0.2, 0) is 0 Å². The van der Waals surface area contributed by atoms with E-state index < -0.39 is 0 Å². The highest BCUT2D eigenvalue weighted by atomic mass is 32.1. The first-order chi connectivity index (χ1) is 8.25. The molecule has 0 aliphatic rings. The highest BCUT2D eigenvalue weighted by molar-refractivity contribution is 7.17. The van der Waals surface area contributed by atoms with E-state index in [9.17, 15) is 0 Å². The molecule has 86 valence electrons. The Morgan fingerprint density at radius 3 is 1.59 bits per heavy atom. The summed E-state index contributed by atoms with van der Waals surface area (Å²) in [7, 11) is 0. The van der Waals surface area contributed by atoms with Gasteiger partial charge in [-0.05, 0) is 20.6 Å². The van der Waals surface area contributed by atoms with E-state index in [1.165, 1.54) is 11.3 Å². The van der Waals surface area contributed by atoms with Gasteiger partial charge in [-0.3, -0.25) is 0 Å². The van der Waals surface area contributed by atoms with Crippen LogP contribution in [0.3, 0.4) is 0 Å². The Bertz CT molecular complexity index is 602. The van der Waals surface area contributed by atoms with E-state index in [-0.39, 0.29) is 11.6 Å². The molecule has 0 aliphatic carbocycles. The van der Waals surface area contributed by atoms with Gasteiger partial charge in [-0.15, -0.1) is 10.2 Å². The molecule has 10 nitrogen and oxygen atoms in total. The first kappa shape index (κ1) is 9.65. The fraction of sp³-hybridized carbons (Fsp3) is 0. The van der Waals surface area contributed by atoms with E-state index in [0.29, 0.717) is 21.4 Å². The van der Waals surface area contributed by atoms with Gasteiger partial charge in [0.15, 0.2) is 33.0 Å². The van der Waals surface area contributed by atoms with Crippen molar-refractivity contribution in [2.24, 2.45) is 0 Å². The van der Waals surface area contributed by atoms with E-state index in [4.69, 9.17) is 11.5 Å². The van der Waals surface area contributed by atoms with Crippen LogP contribution >= 0.6 is 11.3 Å². The molecule has 3 heterocycles. The molecule has 4 N–H and O–H groups in total. The van der Waals surface area contributed by atoms with Crippen molar-refractivity contribution in [2.45, 2.75) is 0 Å². The Balaban J connectivity index is 2.05. The summed E-state index contributed by atoms with van der Waals surface area (Å²) >= 11 is 1.17. The predicted molar refractivity (Wildman–Crippen MR) is 55.3 cm³/mol. The smallest absolute Gasteiger partial charge is 0.198 e. The normalized spacial score (nSPS) is 10.8. The Morgan fingerprint density at radius 2 is 1.24 bits per heavy atom. The van der Waals surface area contributed by atoms with Crippen molar-refractivity contribution in [2.75, 3.05) is 11.5 Å². The predicted octanol–water partition coefficient (Wildman–Crippen LogP) is -0.198. The first-order valence-corrected chi connectivity index (χ1v) is 5.07. The fourth-order valence-electron chi connectivity index (χ4n) is 1.10. The number of rotatable bonds is 2. The molecule has 0 saturated carbocycles. The maximum atomic E-state index is 5.53. The lowest BCUT2D eigenvalue weighted by molar-refractivity contribution is 0.310. The molecule has 17 heavy (non-hydrogen) atoms. The minimum absolute atomic E-state index is 0.138. The summed E-state index contributed by atoms with van der Waals surface area (Å²) in [4.78, 5) is 0. The monoisotopic (exact) mass is 252 g/mol. The lowest BCUT2D eigenvalue weighted by Crippen LogP contribution is -1.88. The zero-order valence-corrected chi connectivity index (χ0v) is 8.88. The average Bonchev–Trinajstić information content (AvgIpc) is 2.97. The van der Waals surface area contributed by atoms with Gasteiger partial charge in [-0.25, -0.2) is 9.26 Å². The van der Waals surface area contributed by atoms with Gasteiger partial charge in [-0.1, -0.05) is 11.3 Å². The molecular formula is C6H4N8O2S. The second-order valence-electron chi connectivity index (χ2n) is 2.91. The lowest BCUT2D eigenvalue weighted by Gasteiger charge is -1.85. The van der Waals surface area contributed by atoms with E-state index >= 15 is 0 Å². The van der Waals surface area contributed by atoms with E-state index in [0.717, 1.165) is 0 Å². The van der Waals surface area contributed by atoms with Crippen LogP contribution < -0.4 is 11.5 Å². The number of hydrogen-bond acceptors (Lipinski definition) is 11. The van der Waals surface area contributed by atoms with Crippen molar-refractivity contribution < 1.29 is 9.26 Å². The molecule has 0 atom stereocenters. The minimum Gasteiger partial charge on any atom is -0.379 e. The number of nitrogen functional groups attached to an aromatic ring is 2. The van der Waals surface area contributed by atoms with Gasteiger partial charge in [0.25, 0.3) is 0 Å². The standard InChI is InChI=1S/C6H4N8O2S/c7-3-1(11-15-13-3)5-9-10-6(17-5)2-4(8)14-16-12-2/h(H2,7,13)(H2,8,14). The van der Waals surface area contributed by atoms with Crippen molar-refractivity contribution in [1.29, 1.82) is 0 Å². The second-order valence-corrected chi connectivity index (χ2v) is 3.89. The van der Waals surface area contributed by atoms with Crippen LogP contribution in [0.1, 0.15) is 0 Å². The summed E-state index contributed by atoms with van der Waals surface area (Å²) in [6.07, 6.45) is 0. The number of nitrogens with zero attached hydrogens (tertiary/aromatic N) is 6. The number of hydrogen-bond donors (Lipinski definition) is 2. The molecule has 3 rings (SSSR count). The molecule has 0 radical (unpaired) electrons. The van der Waals surface area contributed by atoms with E-state index in [1.807, 2.05) is 0 Å². The first-order valence-electron chi connectivity index (χ1n) is 4.26. The summed E-state index contributed by atoms with van der Waals surface area (Å²) < 4.78 is 8.93. The van der Waals surface area contributed by atoms with Crippen molar-refractivity contribution in [3.63, 3.8) is 0 Å². The van der Waals surface area contributed by atoms with Crippen LogP contribution in [0.15, 0.2) is 9.26 Å². The molecule has 0 fully saturated rings. The Kier molecular flexibility index (Phi) is 1.98. The number of anilines is 2. The van der Waals surface area contributed by atoms with Gasteiger partial charge in [0.1, 0.15) is 0 Å². The molecule has 3 aromatic heterocycles. The van der Waals surface area contributed by atoms with Crippen LogP contribution in [0, 0.1) is 0 Å². The van der Waals surface area contributed by atoms with Crippen LogP contribution in [0.4, 0.5) is 11.6 Å². The van der Waals surface area contributed by atoms with Gasteiger partial charge >= 0.3 is 0 Å². The zero-order valence-electron chi connectivity index (χ0n) is 8.06. The molecular weight excluding hydrogens is 248 g/mol. The molecule has 0 unspecified atom stereocenters. The van der Waals surface area contributed by atoms with Crippen LogP contribution in [0.5, 0.6) is 0 Å². The highest BCUT2D eigenvalue weighted by Crippen LogP contribution is 2.31. The summed E-state index contributed by atoms with van der Waals surface area (Å²) in [5.41, 5.74) is 11.7. The molecule has 3 aromatic rings. The lowest BCUT2D eigenvalue weighted by atomic mass is 10.5. The maximum absolute atomic E-state index is 5.53. The summed E-state index contributed by atoms with van der Waals surface area (Å²) in [6, 6.07) is 0.